The number of piperidine rings is 1. The fourth-order valence-corrected chi connectivity index (χ4v) is 5.37. The van der Waals surface area contributed by atoms with Gasteiger partial charge in [0.2, 0.25) is 0 Å². The average molecular weight is 335 g/mol. The van der Waals surface area contributed by atoms with Crippen LogP contribution in [-0.2, 0) is 0 Å². The maximum atomic E-state index is 2.81. The first-order chi connectivity index (χ1) is 11.7. The number of likely N-dealkylation sites (tertiary alicyclic amines) is 2. The zero-order chi connectivity index (χ0) is 16.6. The average Bonchev–Trinajstić information content (AvgIpc) is 3.32. The van der Waals surface area contributed by atoms with Crippen LogP contribution in [0, 0.1) is 5.41 Å². The van der Waals surface area contributed by atoms with Gasteiger partial charge in [0.1, 0.15) is 0 Å². The number of rotatable bonds is 6. The lowest BCUT2D eigenvalue weighted by Gasteiger charge is -2.50. The van der Waals surface area contributed by atoms with Gasteiger partial charge in [0.25, 0.3) is 0 Å². The summed E-state index contributed by atoms with van der Waals surface area (Å²) in [7, 11) is 2.26. The van der Waals surface area contributed by atoms with E-state index in [1.54, 1.807) is 0 Å². The molecule has 4 heteroatoms. The van der Waals surface area contributed by atoms with Crippen molar-refractivity contribution in [1.82, 2.24) is 19.6 Å². The summed E-state index contributed by atoms with van der Waals surface area (Å²) in [5, 5.41) is 0. The Labute approximate surface area is 149 Å². The predicted molar refractivity (Wildman–Crippen MR) is 100 cm³/mol. The second-order valence-corrected chi connectivity index (χ2v) is 9.20. The highest BCUT2D eigenvalue weighted by Crippen LogP contribution is 2.50. The quantitative estimate of drug-likeness (QED) is 0.736. The molecule has 1 saturated carbocycles. The summed E-state index contributed by atoms with van der Waals surface area (Å²) in [5.41, 5.74) is 0.744. The van der Waals surface area contributed by atoms with E-state index in [9.17, 15) is 0 Å². The second kappa shape index (κ2) is 7.22. The van der Waals surface area contributed by atoms with E-state index in [0.717, 1.165) is 17.5 Å². The van der Waals surface area contributed by atoms with Crippen molar-refractivity contribution in [2.24, 2.45) is 5.41 Å². The van der Waals surface area contributed by atoms with Crippen LogP contribution < -0.4 is 0 Å². The van der Waals surface area contributed by atoms with E-state index in [4.69, 9.17) is 0 Å². The lowest BCUT2D eigenvalue weighted by Crippen LogP contribution is -2.62. The summed E-state index contributed by atoms with van der Waals surface area (Å²) in [6, 6.07) is 1.74. The van der Waals surface area contributed by atoms with Crippen molar-refractivity contribution in [2.45, 2.75) is 57.5 Å². The number of hydrogen-bond acceptors (Lipinski definition) is 4. The van der Waals surface area contributed by atoms with Gasteiger partial charge in [-0.2, -0.15) is 0 Å². The molecule has 4 nitrogen and oxygen atoms in total. The van der Waals surface area contributed by atoms with Crippen molar-refractivity contribution in [2.75, 3.05) is 66.0 Å². The zero-order valence-corrected chi connectivity index (χ0v) is 16.1. The van der Waals surface area contributed by atoms with Gasteiger partial charge in [0, 0.05) is 71.0 Å². The van der Waals surface area contributed by atoms with Crippen LogP contribution in [0.3, 0.4) is 0 Å². The molecule has 0 aromatic heterocycles. The molecule has 0 spiro atoms. The van der Waals surface area contributed by atoms with Crippen molar-refractivity contribution in [3.8, 4) is 0 Å². The molecular weight excluding hydrogens is 296 g/mol. The lowest BCUT2D eigenvalue weighted by molar-refractivity contribution is -0.00937. The van der Waals surface area contributed by atoms with Crippen molar-refractivity contribution >= 4 is 0 Å². The van der Waals surface area contributed by atoms with E-state index < -0.39 is 0 Å². The summed E-state index contributed by atoms with van der Waals surface area (Å²) in [4.78, 5) is 10.8. The number of likely N-dealkylation sites (N-methyl/N-ethyl adjacent to an activating group) is 1. The molecule has 3 saturated heterocycles. The Hall–Kier alpha value is -0.160. The van der Waals surface area contributed by atoms with Crippen LogP contribution in [0.25, 0.3) is 0 Å². The minimum absolute atomic E-state index is 0.744. The molecule has 0 bridgehead atoms. The first-order valence-corrected chi connectivity index (χ1v) is 10.6. The summed E-state index contributed by atoms with van der Waals surface area (Å²) < 4.78 is 0. The minimum Gasteiger partial charge on any atom is -0.304 e. The largest absolute Gasteiger partial charge is 0.304 e. The highest BCUT2D eigenvalue weighted by Gasteiger charge is 2.45. The highest BCUT2D eigenvalue weighted by molar-refractivity contribution is 5.00. The molecule has 3 heterocycles. The maximum Gasteiger partial charge on any atom is 0.0350 e. The Morgan fingerprint density at radius 3 is 2.04 bits per heavy atom. The van der Waals surface area contributed by atoms with Gasteiger partial charge in [-0.25, -0.2) is 0 Å². The van der Waals surface area contributed by atoms with Gasteiger partial charge in [-0.1, -0.05) is 13.3 Å². The summed E-state index contributed by atoms with van der Waals surface area (Å²) >= 11 is 0. The summed E-state index contributed by atoms with van der Waals surface area (Å²) in [6.45, 7) is 14.2. The Morgan fingerprint density at radius 2 is 1.46 bits per heavy atom. The zero-order valence-electron chi connectivity index (χ0n) is 16.1. The molecule has 3 aliphatic heterocycles. The third-order valence-corrected chi connectivity index (χ3v) is 7.30. The molecule has 1 aliphatic carbocycles. The van der Waals surface area contributed by atoms with Crippen LogP contribution in [0.1, 0.15) is 45.4 Å². The van der Waals surface area contributed by atoms with Gasteiger partial charge in [-0.3, -0.25) is 14.7 Å². The van der Waals surface area contributed by atoms with E-state index in [1.807, 2.05) is 0 Å². The normalized spacial score (nSPS) is 31.2. The van der Waals surface area contributed by atoms with E-state index in [-0.39, 0.29) is 0 Å². The van der Waals surface area contributed by atoms with Gasteiger partial charge < -0.3 is 4.90 Å². The minimum atomic E-state index is 0.744. The van der Waals surface area contributed by atoms with Crippen LogP contribution >= 0.6 is 0 Å². The standard InChI is InChI=1S/C20H38N4/c1-3-6-20(7-8-20)17-22-15-19(16-22)23-9-4-18(5-10-23)24-13-11-21(2)12-14-24/h18-19H,3-17H2,1-2H3. The topological polar surface area (TPSA) is 13.0 Å². The monoisotopic (exact) mass is 334 g/mol. The van der Waals surface area contributed by atoms with Crippen molar-refractivity contribution in [1.29, 1.82) is 0 Å². The van der Waals surface area contributed by atoms with Crippen LogP contribution in [0.5, 0.6) is 0 Å². The fourth-order valence-electron chi connectivity index (χ4n) is 5.37. The van der Waals surface area contributed by atoms with Crippen LogP contribution in [-0.4, -0.2) is 97.6 Å². The van der Waals surface area contributed by atoms with Crippen LogP contribution in [0.15, 0.2) is 0 Å². The summed E-state index contributed by atoms with van der Waals surface area (Å²) in [6.07, 6.45) is 8.64. The highest BCUT2D eigenvalue weighted by atomic mass is 15.3. The third-order valence-electron chi connectivity index (χ3n) is 7.30. The van der Waals surface area contributed by atoms with Crippen LogP contribution in [0.2, 0.25) is 0 Å². The number of nitrogens with zero attached hydrogens (tertiary/aromatic N) is 4. The van der Waals surface area contributed by atoms with Gasteiger partial charge in [-0.15, -0.1) is 0 Å². The van der Waals surface area contributed by atoms with Crippen molar-refractivity contribution < 1.29 is 0 Å². The molecule has 0 amide bonds. The Bertz CT molecular complexity index is 400. The van der Waals surface area contributed by atoms with Gasteiger partial charge in [-0.05, 0) is 44.6 Å². The number of piperazine rings is 1. The Kier molecular flexibility index (Phi) is 5.19. The smallest absolute Gasteiger partial charge is 0.0350 e. The number of hydrogen-bond donors (Lipinski definition) is 0. The van der Waals surface area contributed by atoms with Crippen molar-refractivity contribution in [3.05, 3.63) is 0 Å². The fraction of sp³-hybridized carbons (Fsp3) is 1.00. The molecule has 138 valence electrons. The molecule has 4 rings (SSSR count). The molecule has 0 radical (unpaired) electrons. The molecule has 0 aromatic rings. The predicted octanol–water partition coefficient (Wildman–Crippen LogP) is 1.96. The van der Waals surface area contributed by atoms with Gasteiger partial charge >= 0.3 is 0 Å². The maximum absolute atomic E-state index is 2.81. The molecule has 0 N–H and O–H groups in total. The second-order valence-electron chi connectivity index (χ2n) is 9.20. The molecule has 4 aliphatic rings. The molecule has 24 heavy (non-hydrogen) atoms. The first kappa shape index (κ1) is 17.3. The molecule has 0 unspecified atom stereocenters. The van der Waals surface area contributed by atoms with Crippen molar-refractivity contribution in [3.63, 3.8) is 0 Å². The molecular formula is C20H38N4. The Morgan fingerprint density at radius 1 is 0.833 bits per heavy atom. The SMILES string of the molecule is CCCC1(CN2CC(N3CCC(N4CCN(C)CC4)CC3)C2)CC1. The molecule has 0 atom stereocenters. The Balaban J connectivity index is 1.15. The van der Waals surface area contributed by atoms with E-state index >= 15 is 0 Å². The third kappa shape index (κ3) is 3.82. The van der Waals surface area contributed by atoms with Gasteiger partial charge in [0.15, 0.2) is 0 Å². The first-order valence-electron chi connectivity index (χ1n) is 10.6. The lowest BCUT2D eigenvalue weighted by atomic mass is 9.95. The van der Waals surface area contributed by atoms with E-state index in [0.29, 0.717) is 0 Å². The molecule has 4 fully saturated rings. The van der Waals surface area contributed by atoms with Gasteiger partial charge in [0.05, 0.1) is 0 Å². The summed E-state index contributed by atoms with van der Waals surface area (Å²) in [5.74, 6) is 0. The van der Waals surface area contributed by atoms with E-state index in [1.165, 1.54) is 97.4 Å². The molecule has 0 aromatic carbocycles. The van der Waals surface area contributed by atoms with E-state index in [2.05, 4.69) is 33.6 Å². The van der Waals surface area contributed by atoms with Crippen LogP contribution in [0.4, 0.5) is 0 Å².